The topological polar surface area (TPSA) is 32.8 Å². The van der Waals surface area contributed by atoms with Crippen molar-refractivity contribution in [3.8, 4) is 0 Å². The molecule has 2 aliphatic heterocycles. The number of halogens is 1. The standard InChI is InChI=1S/C24H35FN2O2/c25-21-8-6-20(7-9-21)24(12-2-1-3-13-24)23(28)27-16-10-22(11-17-27)29-19-18-26-14-4-5-15-26/h6-9,22H,1-5,10-19H2. The Balaban J connectivity index is 1.33. The van der Waals surface area contributed by atoms with Gasteiger partial charge in [-0.3, -0.25) is 4.79 Å². The summed E-state index contributed by atoms with van der Waals surface area (Å²) in [5.41, 5.74) is 0.530. The highest BCUT2D eigenvalue weighted by Gasteiger charge is 2.44. The molecule has 160 valence electrons. The van der Waals surface area contributed by atoms with E-state index in [9.17, 15) is 9.18 Å². The Morgan fingerprint density at radius 3 is 2.28 bits per heavy atom. The SMILES string of the molecule is O=C(N1CCC(OCCN2CCCC2)CC1)C1(c2ccc(F)cc2)CCCCC1. The first-order valence-electron chi connectivity index (χ1n) is 11.6. The summed E-state index contributed by atoms with van der Waals surface area (Å²) in [6.07, 6.45) is 9.83. The molecule has 3 aliphatic rings. The number of nitrogens with zero attached hydrogens (tertiary/aromatic N) is 2. The normalized spacial score (nSPS) is 23.4. The molecule has 0 unspecified atom stereocenters. The van der Waals surface area contributed by atoms with Crippen LogP contribution < -0.4 is 0 Å². The van der Waals surface area contributed by atoms with Gasteiger partial charge in [0.25, 0.3) is 0 Å². The van der Waals surface area contributed by atoms with Crippen LogP contribution in [0.25, 0.3) is 0 Å². The predicted molar refractivity (Wildman–Crippen MR) is 112 cm³/mol. The molecule has 1 amide bonds. The summed E-state index contributed by atoms with van der Waals surface area (Å²) in [4.78, 5) is 18.2. The van der Waals surface area contributed by atoms with E-state index in [2.05, 4.69) is 9.80 Å². The third-order valence-corrected chi connectivity index (χ3v) is 7.20. The van der Waals surface area contributed by atoms with E-state index in [0.717, 1.165) is 70.3 Å². The minimum absolute atomic E-state index is 0.237. The molecule has 29 heavy (non-hydrogen) atoms. The maximum absolute atomic E-state index is 13.6. The molecule has 0 spiro atoms. The molecule has 4 rings (SSSR count). The lowest BCUT2D eigenvalue weighted by Crippen LogP contribution is -2.51. The number of benzene rings is 1. The van der Waals surface area contributed by atoms with Crippen LogP contribution in [-0.4, -0.2) is 61.1 Å². The van der Waals surface area contributed by atoms with Gasteiger partial charge in [0.2, 0.25) is 5.91 Å². The Hall–Kier alpha value is -1.46. The smallest absolute Gasteiger partial charge is 0.233 e. The second kappa shape index (κ2) is 9.57. The van der Waals surface area contributed by atoms with Crippen LogP contribution in [0.2, 0.25) is 0 Å². The van der Waals surface area contributed by atoms with Crippen molar-refractivity contribution in [2.24, 2.45) is 0 Å². The fourth-order valence-corrected chi connectivity index (χ4v) is 5.43. The molecule has 2 saturated heterocycles. The first-order valence-corrected chi connectivity index (χ1v) is 11.6. The van der Waals surface area contributed by atoms with Gasteiger partial charge in [-0.25, -0.2) is 4.39 Å². The maximum atomic E-state index is 13.6. The van der Waals surface area contributed by atoms with Gasteiger partial charge in [0.05, 0.1) is 18.1 Å². The van der Waals surface area contributed by atoms with E-state index in [-0.39, 0.29) is 17.8 Å². The van der Waals surface area contributed by atoms with Crippen molar-refractivity contribution >= 4 is 5.91 Å². The quantitative estimate of drug-likeness (QED) is 0.717. The monoisotopic (exact) mass is 402 g/mol. The summed E-state index contributed by atoms with van der Waals surface area (Å²) in [5, 5.41) is 0. The van der Waals surface area contributed by atoms with Gasteiger partial charge >= 0.3 is 0 Å². The molecule has 0 aromatic heterocycles. The van der Waals surface area contributed by atoms with E-state index in [1.165, 1.54) is 44.5 Å². The van der Waals surface area contributed by atoms with Gasteiger partial charge in [-0.15, -0.1) is 0 Å². The number of piperidine rings is 1. The van der Waals surface area contributed by atoms with Crippen molar-refractivity contribution in [1.29, 1.82) is 0 Å². The number of hydrogen-bond acceptors (Lipinski definition) is 3. The number of ether oxygens (including phenoxy) is 1. The molecule has 5 heteroatoms. The lowest BCUT2D eigenvalue weighted by molar-refractivity contribution is -0.141. The average Bonchev–Trinajstić information content (AvgIpc) is 3.28. The van der Waals surface area contributed by atoms with Gasteiger partial charge in [0.15, 0.2) is 0 Å². The van der Waals surface area contributed by atoms with E-state index >= 15 is 0 Å². The van der Waals surface area contributed by atoms with Gasteiger partial charge in [-0.1, -0.05) is 31.4 Å². The number of amides is 1. The lowest BCUT2D eigenvalue weighted by Gasteiger charge is -2.42. The fraction of sp³-hybridized carbons (Fsp3) is 0.708. The third-order valence-electron chi connectivity index (χ3n) is 7.20. The molecule has 3 fully saturated rings. The second-order valence-corrected chi connectivity index (χ2v) is 9.06. The molecule has 2 heterocycles. The van der Waals surface area contributed by atoms with Crippen molar-refractivity contribution < 1.29 is 13.9 Å². The van der Waals surface area contributed by atoms with Crippen molar-refractivity contribution in [3.63, 3.8) is 0 Å². The molecule has 1 aromatic carbocycles. The summed E-state index contributed by atoms with van der Waals surface area (Å²) < 4.78 is 19.6. The molecule has 0 N–H and O–H groups in total. The van der Waals surface area contributed by atoms with E-state index < -0.39 is 5.41 Å². The summed E-state index contributed by atoms with van der Waals surface area (Å²) in [7, 11) is 0. The minimum Gasteiger partial charge on any atom is -0.377 e. The number of likely N-dealkylation sites (tertiary alicyclic amines) is 2. The molecule has 4 nitrogen and oxygen atoms in total. The number of rotatable bonds is 6. The highest BCUT2D eigenvalue weighted by Crippen LogP contribution is 2.41. The molecule has 0 radical (unpaired) electrons. The molecular formula is C24H35FN2O2. The number of carbonyl (C=O) groups excluding carboxylic acids is 1. The summed E-state index contributed by atoms with van der Waals surface area (Å²) >= 11 is 0. The zero-order chi connectivity index (χ0) is 20.1. The Labute approximate surface area is 174 Å². The van der Waals surface area contributed by atoms with Gasteiger partial charge in [-0.05, 0) is 69.3 Å². The van der Waals surface area contributed by atoms with Crippen molar-refractivity contribution in [2.45, 2.75) is 69.3 Å². The molecule has 0 atom stereocenters. The highest BCUT2D eigenvalue weighted by atomic mass is 19.1. The van der Waals surface area contributed by atoms with Crippen molar-refractivity contribution in [1.82, 2.24) is 9.80 Å². The van der Waals surface area contributed by atoms with E-state index in [1.54, 1.807) is 0 Å². The molecule has 1 saturated carbocycles. The van der Waals surface area contributed by atoms with Crippen LogP contribution in [0.1, 0.15) is 63.4 Å². The number of carbonyl (C=O) groups is 1. The van der Waals surface area contributed by atoms with Crippen molar-refractivity contribution in [2.75, 3.05) is 39.3 Å². The average molecular weight is 403 g/mol. The largest absolute Gasteiger partial charge is 0.377 e. The Bertz CT molecular complexity index is 658. The van der Waals surface area contributed by atoms with Crippen LogP contribution in [0, 0.1) is 5.82 Å². The van der Waals surface area contributed by atoms with E-state index in [4.69, 9.17) is 4.74 Å². The molecule has 0 bridgehead atoms. The van der Waals surface area contributed by atoms with Crippen LogP contribution in [0.15, 0.2) is 24.3 Å². The lowest BCUT2D eigenvalue weighted by atomic mass is 9.68. The van der Waals surface area contributed by atoms with Crippen LogP contribution in [0.5, 0.6) is 0 Å². The van der Waals surface area contributed by atoms with E-state index in [0.29, 0.717) is 0 Å². The summed E-state index contributed by atoms with van der Waals surface area (Å²) in [6.45, 7) is 5.81. The van der Waals surface area contributed by atoms with Crippen LogP contribution in [0.3, 0.4) is 0 Å². The van der Waals surface area contributed by atoms with Gasteiger partial charge in [-0.2, -0.15) is 0 Å². The molecular weight excluding hydrogens is 367 g/mol. The van der Waals surface area contributed by atoms with Crippen LogP contribution in [-0.2, 0) is 14.9 Å². The van der Waals surface area contributed by atoms with Crippen LogP contribution in [0.4, 0.5) is 4.39 Å². The summed E-state index contributed by atoms with van der Waals surface area (Å²) in [5.74, 6) is 0.0124. The first kappa shape index (κ1) is 20.8. The molecule has 1 aliphatic carbocycles. The Kier molecular flexibility index (Phi) is 6.86. The minimum atomic E-state index is -0.463. The zero-order valence-electron chi connectivity index (χ0n) is 17.6. The Morgan fingerprint density at radius 2 is 1.62 bits per heavy atom. The highest BCUT2D eigenvalue weighted by molar-refractivity contribution is 5.88. The summed E-state index contributed by atoms with van der Waals surface area (Å²) in [6, 6.07) is 6.65. The Morgan fingerprint density at radius 1 is 0.966 bits per heavy atom. The van der Waals surface area contributed by atoms with Gasteiger partial charge in [0.1, 0.15) is 5.82 Å². The fourth-order valence-electron chi connectivity index (χ4n) is 5.43. The van der Waals surface area contributed by atoms with Crippen LogP contribution >= 0.6 is 0 Å². The third kappa shape index (κ3) is 4.83. The van der Waals surface area contributed by atoms with Crippen molar-refractivity contribution in [3.05, 3.63) is 35.6 Å². The maximum Gasteiger partial charge on any atom is 0.233 e. The predicted octanol–water partition coefficient (Wildman–Crippen LogP) is 4.13. The van der Waals surface area contributed by atoms with Gasteiger partial charge in [0, 0.05) is 19.6 Å². The van der Waals surface area contributed by atoms with Gasteiger partial charge < -0.3 is 14.5 Å². The number of hydrogen-bond donors (Lipinski definition) is 0. The second-order valence-electron chi connectivity index (χ2n) is 9.06. The van der Waals surface area contributed by atoms with E-state index in [1.807, 2.05) is 12.1 Å². The molecule has 1 aromatic rings. The first-order chi connectivity index (χ1) is 14.2. The zero-order valence-corrected chi connectivity index (χ0v) is 17.6.